The van der Waals surface area contributed by atoms with Gasteiger partial charge < -0.3 is 20.2 Å². The van der Waals surface area contributed by atoms with E-state index in [1.807, 2.05) is 25.3 Å². The second-order valence-corrected chi connectivity index (χ2v) is 7.14. The number of hydrogen-bond acceptors (Lipinski definition) is 4. The molecule has 0 aromatic carbocycles. The number of amides is 2. The van der Waals surface area contributed by atoms with E-state index in [0.29, 0.717) is 11.3 Å². The molecule has 2 aromatic rings. The zero-order chi connectivity index (χ0) is 17.0. The first kappa shape index (κ1) is 17.6. The lowest BCUT2D eigenvalue weighted by atomic mass is 9.96. The molecular formula is C17H24N2O3S. The molecule has 0 aliphatic heterocycles. The van der Waals surface area contributed by atoms with Crippen LogP contribution in [0.15, 0.2) is 28.0 Å². The Kier molecular flexibility index (Phi) is 5.49. The predicted molar refractivity (Wildman–Crippen MR) is 91.8 cm³/mol. The molecule has 0 saturated heterocycles. The molecule has 2 unspecified atom stereocenters. The largest absolute Gasteiger partial charge is 0.466 e. The van der Waals surface area contributed by atoms with Crippen LogP contribution in [-0.4, -0.2) is 23.7 Å². The van der Waals surface area contributed by atoms with E-state index < -0.39 is 5.60 Å². The number of furan rings is 1. The Morgan fingerprint density at radius 2 is 2.22 bits per heavy atom. The van der Waals surface area contributed by atoms with Gasteiger partial charge in [-0.15, -0.1) is 11.3 Å². The van der Waals surface area contributed by atoms with Crippen molar-refractivity contribution >= 4 is 17.4 Å². The molecule has 6 heteroatoms. The minimum Gasteiger partial charge on any atom is -0.466 e. The molecule has 0 aliphatic carbocycles. The predicted octanol–water partition coefficient (Wildman–Crippen LogP) is 3.10. The van der Waals surface area contributed by atoms with Crippen LogP contribution in [0.2, 0.25) is 0 Å². The molecule has 2 aromatic heterocycles. The minimum absolute atomic E-state index is 0.0245. The van der Waals surface area contributed by atoms with E-state index in [1.54, 1.807) is 31.3 Å². The number of rotatable bonds is 6. The van der Waals surface area contributed by atoms with Gasteiger partial charge in [0.05, 0.1) is 6.54 Å². The summed E-state index contributed by atoms with van der Waals surface area (Å²) in [6.07, 6.45) is 0.793. The van der Waals surface area contributed by atoms with Gasteiger partial charge in [-0.2, -0.15) is 0 Å². The van der Waals surface area contributed by atoms with Crippen LogP contribution in [0.5, 0.6) is 0 Å². The highest BCUT2D eigenvalue weighted by Crippen LogP contribution is 2.26. The summed E-state index contributed by atoms with van der Waals surface area (Å²) >= 11 is 1.68. The van der Waals surface area contributed by atoms with Gasteiger partial charge in [-0.05, 0) is 45.2 Å². The number of thiophene rings is 1. The van der Waals surface area contributed by atoms with Crippen molar-refractivity contribution in [2.24, 2.45) is 0 Å². The quantitative estimate of drug-likeness (QED) is 0.759. The molecule has 5 nitrogen and oxygen atoms in total. The third kappa shape index (κ3) is 4.84. The first-order valence-corrected chi connectivity index (χ1v) is 8.52. The molecule has 2 atom stereocenters. The highest BCUT2D eigenvalue weighted by molar-refractivity contribution is 7.09. The lowest BCUT2D eigenvalue weighted by Gasteiger charge is -2.24. The summed E-state index contributed by atoms with van der Waals surface area (Å²) in [5.74, 6) is 1.41. The molecular weight excluding hydrogens is 312 g/mol. The first-order chi connectivity index (χ1) is 10.8. The molecule has 2 heterocycles. The van der Waals surface area contributed by atoms with Gasteiger partial charge in [0.1, 0.15) is 17.1 Å². The Morgan fingerprint density at radius 3 is 2.78 bits per heavy atom. The van der Waals surface area contributed by atoms with Crippen molar-refractivity contribution in [1.29, 1.82) is 0 Å². The number of aliphatic hydroxyl groups is 1. The highest BCUT2D eigenvalue weighted by Gasteiger charge is 2.28. The zero-order valence-electron chi connectivity index (χ0n) is 14.0. The molecule has 0 fully saturated rings. The number of aryl methyl sites for hydroxylation is 2. The number of nitrogens with one attached hydrogen (secondary N) is 2. The smallest absolute Gasteiger partial charge is 0.315 e. The number of hydrogen-bond donors (Lipinski definition) is 3. The average Bonchev–Trinajstić information content (AvgIpc) is 3.06. The number of carbonyl (C=O) groups is 1. The van der Waals surface area contributed by atoms with Crippen LogP contribution in [-0.2, 0) is 12.0 Å². The molecule has 0 radical (unpaired) electrons. The lowest BCUT2D eigenvalue weighted by molar-refractivity contribution is 0.0578. The van der Waals surface area contributed by atoms with Gasteiger partial charge >= 0.3 is 6.03 Å². The summed E-state index contributed by atoms with van der Waals surface area (Å²) in [6, 6.07) is 5.59. The van der Waals surface area contributed by atoms with Crippen molar-refractivity contribution in [1.82, 2.24) is 10.6 Å². The van der Waals surface area contributed by atoms with Gasteiger partial charge in [-0.25, -0.2) is 4.79 Å². The number of urea groups is 1. The molecule has 0 spiro atoms. The zero-order valence-corrected chi connectivity index (χ0v) is 14.8. The lowest BCUT2D eigenvalue weighted by Crippen LogP contribution is -2.46. The van der Waals surface area contributed by atoms with Crippen LogP contribution in [0.25, 0.3) is 0 Å². The second kappa shape index (κ2) is 7.19. The normalized spacial score (nSPS) is 15.0. The standard InChI is InChI=1S/C17H24N2O3S/c1-11(8-14-6-5-7-23-14)19-16(20)18-10-17(4,21)15-9-12(2)22-13(15)3/h5-7,9,11,21H,8,10H2,1-4H3,(H2,18,19,20). The molecule has 126 valence electrons. The monoisotopic (exact) mass is 336 g/mol. The maximum absolute atomic E-state index is 12.0. The van der Waals surface area contributed by atoms with E-state index in [-0.39, 0.29) is 18.6 Å². The van der Waals surface area contributed by atoms with Crippen molar-refractivity contribution in [3.05, 3.63) is 45.5 Å². The van der Waals surface area contributed by atoms with Gasteiger partial charge in [0, 0.05) is 22.9 Å². The van der Waals surface area contributed by atoms with Crippen molar-refractivity contribution in [2.75, 3.05) is 6.54 Å². The van der Waals surface area contributed by atoms with Crippen molar-refractivity contribution in [3.8, 4) is 0 Å². The summed E-state index contributed by atoms with van der Waals surface area (Å²) < 4.78 is 5.44. The van der Waals surface area contributed by atoms with E-state index >= 15 is 0 Å². The Balaban J connectivity index is 1.84. The maximum Gasteiger partial charge on any atom is 0.315 e. The van der Waals surface area contributed by atoms with Gasteiger partial charge in [0.2, 0.25) is 0 Å². The fourth-order valence-corrected chi connectivity index (χ4v) is 3.40. The van der Waals surface area contributed by atoms with Crippen LogP contribution in [0.3, 0.4) is 0 Å². The Morgan fingerprint density at radius 1 is 1.48 bits per heavy atom. The van der Waals surface area contributed by atoms with Crippen LogP contribution in [0.4, 0.5) is 4.79 Å². The summed E-state index contributed by atoms with van der Waals surface area (Å²) in [7, 11) is 0. The van der Waals surface area contributed by atoms with E-state index in [1.165, 1.54) is 4.88 Å². The Hall–Kier alpha value is -1.79. The topological polar surface area (TPSA) is 74.5 Å². The molecule has 23 heavy (non-hydrogen) atoms. The van der Waals surface area contributed by atoms with Crippen molar-refractivity contribution in [3.63, 3.8) is 0 Å². The van der Waals surface area contributed by atoms with Crippen LogP contribution in [0.1, 0.15) is 35.8 Å². The fourth-order valence-electron chi connectivity index (χ4n) is 2.57. The Labute approximate surface area is 140 Å². The van der Waals surface area contributed by atoms with Crippen molar-refractivity contribution < 1.29 is 14.3 Å². The van der Waals surface area contributed by atoms with E-state index in [2.05, 4.69) is 16.7 Å². The molecule has 2 rings (SSSR count). The molecule has 0 aliphatic rings. The van der Waals surface area contributed by atoms with E-state index in [9.17, 15) is 9.90 Å². The summed E-state index contributed by atoms with van der Waals surface area (Å²) in [4.78, 5) is 13.2. The number of carbonyl (C=O) groups excluding carboxylic acids is 1. The first-order valence-electron chi connectivity index (χ1n) is 7.64. The second-order valence-electron chi connectivity index (χ2n) is 6.11. The summed E-state index contributed by atoms with van der Waals surface area (Å²) in [5.41, 5.74) is -0.474. The Bertz CT molecular complexity index is 647. The van der Waals surface area contributed by atoms with Gasteiger partial charge in [-0.1, -0.05) is 6.07 Å². The third-order valence-corrected chi connectivity index (χ3v) is 4.58. The molecule has 0 bridgehead atoms. The third-order valence-electron chi connectivity index (χ3n) is 3.68. The van der Waals surface area contributed by atoms with Crippen molar-refractivity contribution in [2.45, 2.75) is 45.8 Å². The van der Waals surface area contributed by atoms with Gasteiger partial charge in [0.25, 0.3) is 0 Å². The van der Waals surface area contributed by atoms with Gasteiger partial charge in [0.15, 0.2) is 0 Å². The highest BCUT2D eigenvalue weighted by atomic mass is 32.1. The van der Waals surface area contributed by atoms with Crippen LogP contribution < -0.4 is 10.6 Å². The van der Waals surface area contributed by atoms with Crippen LogP contribution >= 0.6 is 11.3 Å². The SMILES string of the molecule is Cc1cc(C(C)(O)CNC(=O)NC(C)Cc2cccs2)c(C)o1. The molecule has 3 N–H and O–H groups in total. The van der Waals surface area contributed by atoms with Gasteiger partial charge in [-0.3, -0.25) is 0 Å². The van der Waals surface area contributed by atoms with Crippen LogP contribution in [0, 0.1) is 13.8 Å². The summed E-state index contributed by atoms with van der Waals surface area (Å²) in [6.45, 7) is 7.38. The van der Waals surface area contributed by atoms with E-state index in [4.69, 9.17) is 4.42 Å². The van der Waals surface area contributed by atoms with E-state index in [0.717, 1.165) is 12.2 Å². The minimum atomic E-state index is -1.17. The average molecular weight is 336 g/mol. The fraction of sp³-hybridized carbons (Fsp3) is 0.471. The molecule has 2 amide bonds. The molecule has 0 saturated carbocycles. The maximum atomic E-state index is 12.0. The summed E-state index contributed by atoms with van der Waals surface area (Å²) in [5, 5.41) is 18.2.